The highest BCUT2D eigenvalue weighted by Gasteiger charge is 2.34. The number of halogens is 4. The van der Waals surface area contributed by atoms with Crippen molar-refractivity contribution in [1.29, 1.82) is 0 Å². The lowest BCUT2D eigenvalue weighted by atomic mass is 10.2. The van der Waals surface area contributed by atoms with Crippen LogP contribution in [0.25, 0.3) is 0 Å². The summed E-state index contributed by atoms with van der Waals surface area (Å²) >= 11 is 5.50. The Balaban J connectivity index is 3.14. The van der Waals surface area contributed by atoms with Crippen LogP contribution >= 0.6 is 11.6 Å². The third-order valence-electron chi connectivity index (χ3n) is 1.66. The maximum Gasteiger partial charge on any atom is 0.417 e. The Morgan fingerprint density at radius 1 is 1.38 bits per heavy atom. The Hall–Kier alpha value is -0.700. The Morgan fingerprint density at radius 3 is 2.54 bits per heavy atom. The van der Waals surface area contributed by atoms with E-state index >= 15 is 0 Å². The van der Waals surface area contributed by atoms with Gasteiger partial charge in [-0.25, -0.2) is 0 Å². The Morgan fingerprint density at radius 2 is 2.00 bits per heavy atom. The van der Waals surface area contributed by atoms with Crippen molar-refractivity contribution in [1.82, 2.24) is 0 Å². The van der Waals surface area contributed by atoms with Crippen molar-refractivity contribution in [2.75, 3.05) is 0 Å². The molecule has 0 fully saturated rings. The summed E-state index contributed by atoms with van der Waals surface area (Å²) in [6.07, 6.45) is -0.0196. The van der Waals surface area contributed by atoms with Crippen molar-refractivity contribution in [3.05, 3.63) is 34.4 Å². The van der Waals surface area contributed by atoms with Gasteiger partial charge in [0.15, 0.2) is 0 Å². The number of hydrogen-bond donors (Lipinski definition) is 0. The van der Waals surface area contributed by atoms with Crippen molar-refractivity contribution in [3.8, 4) is 0 Å². The third kappa shape index (κ3) is 2.62. The molecule has 0 bridgehead atoms. The van der Waals surface area contributed by atoms with E-state index in [0.717, 1.165) is 11.6 Å². The number of alkyl halides is 3. The van der Waals surface area contributed by atoms with Crippen LogP contribution in [0.2, 0.25) is 0 Å². The summed E-state index contributed by atoms with van der Waals surface area (Å²) in [5.74, 6) is 0. The quantitative estimate of drug-likeness (QED) is 0.566. The Kier molecular flexibility index (Phi) is 2.86. The normalized spacial score (nSPS) is 18.7. The van der Waals surface area contributed by atoms with Gasteiger partial charge in [-0.15, -0.1) is 0 Å². The minimum Gasteiger partial charge on any atom is -0.166 e. The SMILES string of the molecule is CC1=CC(Cl)=C(C(F)(F)F)C=CC1. The predicted molar refractivity (Wildman–Crippen MR) is 46.4 cm³/mol. The highest BCUT2D eigenvalue weighted by atomic mass is 35.5. The smallest absolute Gasteiger partial charge is 0.166 e. The zero-order valence-corrected chi connectivity index (χ0v) is 7.71. The minimum atomic E-state index is -4.37. The number of rotatable bonds is 0. The fourth-order valence-corrected chi connectivity index (χ4v) is 1.38. The van der Waals surface area contributed by atoms with Crippen molar-refractivity contribution < 1.29 is 13.2 Å². The molecule has 0 aromatic rings. The van der Waals surface area contributed by atoms with Crippen LogP contribution in [0.3, 0.4) is 0 Å². The number of allylic oxidation sites excluding steroid dienone is 6. The van der Waals surface area contributed by atoms with Crippen molar-refractivity contribution in [2.45, 2.75) is 19.5 Å². The summed E-state index contributed by atoms with van der Waals surface area (Å²) in [6, 6.07) is 0. The molecular formula is C9H8ClF3. The summed E-state index contributed by atoms with van der Waals surface area (Å²) in [4.78, 5) is 0. The first-order valence-corrected chi connectivity index (χ1v) is 4.10. The molecule has 0 aromatic heterocycles. The van der Waals surface area contributed by atoms with Crippen LogP contribution in [0.1, 0.15) is 13.3 Å². The van der Waals surface area contributed by atoms with Gasteiger partial charge < -0.3 is 0 Å². The highest BCUT2D eigenvalue weighted by Crippen LogP contribution is 2.33. The first-order valence-electron chi connectivity index (χ1n) is 3.72. The third-order valence-corrected chi connectivity index (χ3v) is 1.97. The summed E-state index contributed by atoms with van der Waals surface area (Å²) in [6.45, 7) is 1.74. The maximum absolute atomic E-state index is 12.3. The maximum atomic E-state index is 12.3. The fraction of sp³-hybridized carbons (Fsp3) is 0.333. The monoisotopic (exact) mass is 208 g/mol. The molecule has 1 aliphatic carbocycles. The predicted octanol–water partition coefficient (Wildman–Crippen LogP) is 3.95. The lowest BCUT2D eigenvalue weighted by molar-refractivity contribution is -0.0884. The van der Waals surface area contributed by atoms with Gasteiger partial charge in [-0.3, -0.25) is 0 Å². The second-order valence-electron chi connectivity index (χ2n) is 2.86. The van der Waals surface area contributed by atoms with Crippen LogP contribution < -0.4 is 0 Å². The van der Waals surface area contributed by atoms with Crippen LogP contribution in [-0.4, -0.2) is 6.18 Å². The molecule has 0 amide bonds. The van der Waals surface area contributed by atoms with Crippen molar-refractivity contribution in [3.63, 3.8) is 0 Å². The van der Waals surface area contributed by atoms with Gasteiger partial charge in [-0.05, 0) is 19.4 Å². The molecule has 0 nitrogen and oxygen atoms in total. The molecule has 4 heteroatoms. The second-order valence-corrected chi connectivity index (χ2v) is 3.26. The van der Waals surface area contributed by atoms with E-state index in [9.17, 15) is 13.2 Å². The molecule has 0 radical (unpaired) electrons. The van der Waals surface area contributed by atoms with Crippen molar-refractivity contribution >= 4 is 11.6 Å². The van der Waals surface area contributed by atoms with Crippen LogP contribution in [0, 0.1) is 0 Å². The Labute approximate surface area is 79.4 Å². The van der Waals surface area contributed by atoms with Crippen LogP contribution in [0.5, 0.6) is 0 Å². The standard InChI is InChI=1S/C9H8ClF3/c1-6-3-2-4-7(8(10)5-6)9(11,12)13/h2,4-5H,3H2,1H3. The number of hydrogen-bond acceptors (Lipinski definition) is 0. The van der Waals surface area contributed by atoms with E-state index in [-0.39, 0.29) is 5.03 Å². The molecule has 0 spiro atoms. The van der Waals surface area contributed by atoms with Gasteiger partial charge in [0.2, 0.25) is 0 Å². The summed E-state index contributed by atoms with van der Waals surface area (Å²) < 4.78 is 36.8. The molecule has 0 N–H and O–H groups in total. The Bertz CT molecular complexity index is 294. The fourth-order valence-electron chi connectivity index (χ4n) is 1.03. The average molecular weight is 209 g/mol. The van der Waals surface area contributed by atoms with Gasteiger partial charge in [0, 0.05) is 0 Å². The lowest BCUT2D eigenvalue weighted by Crippen LogP contribution is -2.10. The van der Waals surface area contributed by atoms with Crippen LogP contribution in [-0.2, 0) is 0 Å². The van der Waals surface area contributed by atoms with E-state index in [0.29, 0.717) is 6.42 Å². The lowest BCUT2D eigenvalue weighted by Gasteiger charge is -2.07. The van der Waals surface area contributed by atoms with E-state index in [2.05, 4.69) is 0 Å². The van der Waals surface area contributed by atoms with E-state index in [4.69, 9.17) is 11.6 Å². The minimum absolute atomic E-state index is 0.237. The molecule has 1 aliphatic rings. The van der Waals surface area contributed by atoms with Crippen LogP contribution in [0.4, 0.5) is 13.2 Å². The van der Waals surface area contributed by atoms with Gasteiger partial charge in [0.05, 0.1) is 10.6 Å². The van der Waals surface area contributed by atoms with Crippen LogP contribution in [0.15, 0.2) is 34.4 Å². The zero-order valence-electron chi connectivity index (χ0n) is 6.95. The average Bonchev–Trinajstić information content (AvgIpc) is 2.08. The topological polar surface area (TPSA) is 0 Å². The highest BCUT2D eigenvalue weighted by molar-refractivity contribution is 6.32. The van der Waals surface area contributed by atoms with Gasteiger partial charge >= 0.3 is 6.18 Å². The molecule has 0 heterocycles. The van der Waals surface area contributed by atoms with Gasteiger partial charge in [0.25, 0.3) is 0 Å². The molecular weight excluding hydrogens is 201 g/mol. The molecule has 0 unspecified atom stereocenters. The van der Waals surface area contributed by atoms with E-state index in [1.165, 1.54) is 12.2 Å². The first kappa shape index (κ1) is 10.4. The molecule has 0 atom stereocenters. The van der Waals surface area contributed by atoms with Crippen molar-refractivity contribution in [2.24, 2.45) is 0 Å². The molecule has 13 heavy (non-hydrogen) atoms. The van der Waals surface area contributed by atoms with Gasteiger partial charge in [-0.1, -0.05) is 29.3 Å². The second kappa shape index (κ2) is 3.58. The largest absolute Gasteiger partial charge is 0.417 e. The van der Waals surface area contributed by atoms with E-state index in [1.807, 2.05) is 0 Å². The first-order chi connectivity index (χ1) is 5.91. The van der Waals surface area contributed by atoms with E-state index in [1.54, 1.807) is 6.92 Å². The zero-order chi connectivity index (χ0) is 10.1. The molecule has 0 aliphatic heterocycles. The van der Waals surface area contributed by atoms with E-state index < -0.39 is 11.7 Å². The molecule has 72 valence electrons. The summed E-state index contributed by atoms with van der Waals surface area (Å²) in [7, 11) is 0. The molecule has 0 saturated heterocycles. The summed E-state index contributed by atoms with van der Waals surface area (Å²) in [5.41, 5.74) is 0.0477. The molecule has 1 rings (SSSR count). The molecule has 0 aromatic carbocycles. The molecule has 0 saturated carbocycles. The summed E-state index contributed by atoms with van der Waals surface area (Å²) in [5, 5.41) is -0.237. The van der Waals surface area contributed by atoms with Gasteiger partial charge in [-0.2, -0.15) is 13.2 Å². The van der Waals surface area contributed by atoms with Gasteiger partial charge in [0.1, 0.15) is 0 Å².